The third-order valence-corrected chi connectivity index (χ3v) is 6.36. The van der Waals surface area contributed by atoms with Gasteiger partial charge >= 0.3 is 6.09 Å². The molecule has 6 nitrogen and oxygen atoms in total. The van der Waals surface area contributed by atoms with Crippen molar-refractivity contribution in [3.8, 4) is 0 Å². The van der Waals surface area contributed by atoms with Crippen molar-refractivity contribution in [2.75, 3.05) is 24.5 Å². The Morgan fingerprint density at radius 3 is 2.71 bits per heavy atom. The van der Waals surface area contributed by atoms with Crippen LogP contribution in [0.25, 0.3) is 10.9 Å². The van der Waals surface area contributed by atoms with Gasteiger partial charge in [-0.1, -0.05) is 37.8 Å². The van der Waals surface area contributed by atoms with E-state index in [1.165, 1.54) is 19.3 Å². The molecule has 4 rings (SSSR count). The number of hydrogen-bond donors (Lipinski definition) is 1. The van der Waals surface area contributed by atoms with E-state index in [-0.39, 0.29) is 6.04 Å². The zero-order valence-corrected chi connectivity index (χ0v) is 17.0. The molecule has 1 aliphatic carbocycles. The van der Waals surface area contributed by atoms with Gasteiger partial charge in [0, 0.05) is 36.0 Å². The van der Waals surface area contributed by atoms with Crippen LogP contribution in [0.3, 0.4) is 0 Å². The molecule has 1 saturated carbocycles. The molecule has 1 amide bonds. The lowest BCUT2D eigenvalue weighted by Crippen LogP contribution is -2.55. The number of halogens is 1. The lowest BCUT2D eigenvalue weighted by molar-refractivity contribution is 0.116. The van der Waals surface area contributed by atoms with Crippen LogP contribution in [0.1, 0.15) is 57.2 Å². The molecule has 7 heteroatoms. The van der Waals surface area contributed by atoms with Crippen LogP contribution in [0, 0.1) is 0 Å². The molecule has 0 spiro atoms. The van der Waals surface area contributed by atoms with Gasteiger partial charge in [-0.2, -0.15) is 0 Å². The van der Waals surface area contributed by atoms with E-state index in [9.17, 15) is 9.90 Å². The Labute approximate surface area is 170 Å². The first kappa shape index (κ1) is 19.2. The number of anilines is 1. The minimum atomic E-state index is -0.843. The largest absolute Gasteiger partial charge is 0.465 e. The zero-order chi connectivity index (χ0) is 19.7. The smallest absolute Gasteiger partial charge is 0.407 e. The van der Waals surface area contributed by atoms with Gasteiger partial charge in [0.25, 0.3) is 0 Å². The molecule has 1 N–H and O–H groups in total. The average Bonchev–Trinajstić information content (AvgIpc) is 2.73. The van der Waals surface area contributed by atoms with Crippen molar-refractivity contribution in [3.63, 3.8) is 0 Å². The van der Waals surface area contributed by atoms with Crippen LogP contribution < -0.4 is 4.90 Å². The maximum Gasteiger partial charge on any atom is 0.407 e. The maximum absolute atomic E-state index is 11.5. The number of benzene rings is 1. The first-order valence-corrected chi connectivity index (χ1v) is 10.7. The first-order chi connectivity index (χ1) is 13.6. The molecule has 0 bridgehead atoms. The lowest BCUT2D eigenvalue weighted by atomic mass is 9.88. The molecule has 150 valence electrons. The zero-order valence-electron chi connectivity index (χ0n) is 16.3. The lowest BCUT2D eigenvalue weighted by Gasteiger charge is -2.40. The van der Waals surface area contributed by atoms with Crippen molar-refractivity contribution >= 4 is 34.4 Å². The van der Waals surface area contributed by atoms with E-state index in [0.717, 1.165) is 41.8 Å². The maximum atomic E-state index is 11.5. The fraction of sp³-hybridized carbons (Fsp3) is 0.571. The number of rotatable bonds is 3. The van der Waals surface area contributed by atoms with Crippen LogP contribution >= 0.6 is 11.6 Å². The van der Waals surface area contributed by atoms with Gasteiger partial charge in [-0.25, -0.2) is 14.8 Å². The van der Waals surface area contributed by atoms with Crippen molar-refractivity contribution < 1.29 is 9.90 Å². The summed E-state index contributed by atoms with van der Waals surface area (Å²) in [6.07, 6.45) is 5.98. The summed E-state index contributed by atoms with van der Waals surface area (Å²) >= 11 is 6.28. The number of carbonyl (C=O) groups is 1. The Morgan fingerprint density at radius 1 is 1.21 bits per heavy atom. The molecule has 0 radical (unpaired) electrons. The molecular formula is C21H27ClN4O2. The normalized spacial score (nSPS) is 21.3. The second-order valence-electron chi connectivity index (χ2n) is 7.89. The van der Waals surface area contributed by atoms with Crippen molar-refractivity contribution in [1.29, 1.82) is 0 Å². The van der Waals surface area contributed by atoms with E-state index in [1.807, 2.05) is 25.1 Å². The topological polar surface area (TPSA) is 69.6 Å². The van der Waals surface area contributed by atoms with Gasteiger partial charge in [0.1, 0.15) is 11.6 Å². The molecule has 2 aromatic rings. The van der Waals surface area contributed by atoms with Gasteiger partial charge in [0.05, 0.1) is 11.6 Å². The second kappa shape index (κ2) is 8.11. The molecule has 1 aliphatic heterocycles. The standard InChI is InChI=1S/C21H27ClN4O2/c1-2-16-13-25(10-11-26(16)21(27)28)20-17-12-15(22)8-9-18(17)23-19(24-20)14-6-4-3-5-7-14/h8-9,12,14,16H,2-7,10-11,13H2,1H3,(H,27,28). The molecule has 1 aromatic carbocycles. The van der Waals surface area contributed by atoms with E-state index in [2.05, 4.69) is 4.90 Å². The fourth-order valence-corrected chi connectivity index (χ4v) is 4.71. The van der Waals surface area contributed by atoms with Crippen LogP contribution in [0.5, 0.6) is 0 Å². The number of aromatic nitrogens is 2. The summed E-state index contributed by atoms with van der Waals surface area (Å²) in [5.41, 5.74) is 0.920. The summed E-state index contributed by atoms with van der Waals surface area (Å²) in [5, 5.41) is 11.1. The molecule has 1 atom stereocenters. The quantitative estimate of drug-likeness (QED) is 0.789. The molecule has 1 aromatic heterocycles. The number of amides is 1. The Balaban J connectivity index is 1.74. The van der Waals surface area contributed by atoms with Crippen molar-refractivity contribution in [1.82, 2.24) is 14.9 Å². The Bertz CT molecular complexity index is 869. The number of nitrogens with zero attached hydrogens (tertiary/aromatic N) is 4. The van der Waals surface area contributed by atoms with Crippen LogP contribution in [0.2, 0.25) is 5.02 Å². The van der Waals surface area contributed by atoms with Gasteiger partial charge in [0.2, 0.25) is 0 Å². The predicted molar refractivity (Wildman–Crippen MR) is 111 cm³/mol. The molecule has 2 heterocycles. The minimum Gasteiger partial charge on any atom is -0.465 e. The van der Waals surface area contributed by atoms with Gasteiger partial charge < -0.3 is 14.9 Å². The molecule has 28 heavy (non-hydrogen) atoms. The summed E-state index contributed by atoms with van der Waals surface area (Å²) in [6, 6.07) is 5.75. The van der Waals surface area contributed by atoms with E-state index in [0.29, 0.717) is 30.6 Å². The summed E-state index contributed by atoms with van der Waals surface area (Å²) in [7, 11) is 0. The second-order valence-corrected chi connectivity index (χ2v) is 8.32. The number of hydrogen-bond acceptors (Lipinski definition) is 4. The van der Waals surface area contributed by atoms with E-state index < -0.39 is 6.09 Å². The van der Waals surface area contributed by atoms with Gasteiger partial charge in [-0.15, -0.1) is 0 Å². The highest BCUT2D eigenvalue weighted by atomic mass is 35.5. The SMILES string of the molecule is CCC1CN(c2nc(C3CCCCC3)nc3ccc(Cl)cc23)CCN1C(=O)O. The average molecular weight is 403 g/mol. The summed E-state index contributed by atoms with van der Waals surface area (Å²) in [5.74, 6) is 2.24. The van der Waals surface area contributed by atoms with E-state index >= 15 is 0 Å². The van der Waals surface area contributed by atoms with Crippen LogP contribution in [-0.2, 0) is 0 Å². The number of fused-ring (bicyclic) bond motifs is 1. The van der Waals surface area contributed by atoms with E-state index in [1.54, 1.807) is 4.90 Å². The summed E-state index contributed by atoms with van der Waals surface area (Å²) < 4.78 is 0. The number of carboxylic acid groups (broad SMARTS) is 1. The highest BCUT2D eigenvalue weighted by Crippen LogP contribution is 2.35. The van der Waals surface area contributed by atoms with Gasteiger partial charge in [0.15, 0.2) is 0 Å². The molecular weight excluding hydrogens is 376 g/mol. The van der Waals surface area contributed by atoms with Gasteiger partial charge in [-0.3, -0.25) is 0 Å². The van der Waals surface area contributed by atoms with Gasteiger partial charge in [-0.05, 0) is 37.5 Å². The highest BCUT2D eigenvalue weighted by molar-refractivity contribution is 6.31. The Morgan fingerprint density at radius 2 is 2.00 bits per heavy atom. The van der Waals surface area contributed by atoms with Crippen LogP contribution in [0.15, 0.2) is 18.2 Å². The predicted octanol–water partition coefficient (Wildman–Crippen LogP) is 4.91. The third kappa shape index (κ3) is 3.75. The van der Waals surface area contributed by atoms with E-state index in [4.69, 9.17) is 21.6 Å². The third-order valence-electron chi connectivity index (χ3n) is 6.12. The van der Waals surface area contributed by atoms with Crippen molar-refractivity contribution in [3.05, 3.63) is 29.0 Å². The molecule has 2 aliphatic rings. The highest BCUT2D eigenvalue weighted by Gasteiger charge is 2.31. The Kier molecular flexibility index (Phi) is 5.58. The van der Waals surface area contributed by atoms with Crippen LogP contribution in [-0.4, -0.2) is 51.7 Å². The van der Waals surface area contributed by atoms with Crippen LogP contribution in [0.4, 0.5) is 10.6 Å². The molecule has 1 unspecified atom stereocenters. The molecule has 2 fully saturated rings. The minimum absolute atomic E-state index is 0.0337. The Hall–Kier alpha value is -2.08. The summed E-state index contributed by atoms with van der Waals surface area (Å²) in [4.78, 5) is 25.2. The van der Waals surface area contributed by atoms with Crippen molar-refractivity contribution in [2.45, 2.75) is 57.4 Å². The monoisotopic (exact) mass is 402 g/mol. The molecule has 1 saturated heterocycles. The number of piperazine rings is 1. The first-order valence-electron chi connectivity index (χ1n) is 10.3. The summed E-state index contributed by atoms with van der Waals surface area (Å²) in [6.45, 7) is 3.79. The fourth-order valence-electron chi connectivity index (χ4n) is 4.54. The van der Waals surface area contributed by atoms with Crippen molar-refractivity contribution in [2.24, 2.45) is 0 Å².